The third kappa shape index (κ3) is 5.24. The van der Waals surface area contributed by atoms with Crippen LogP contribution >= 0.6 is 0 Å². The number of carbonyl (C=O) groups is 2. The van der Waals surface area contributed by atoms with Gasteiger partial charge in [-0.1, -0.05) is 48.5 Å². The molecule has 0 aliphatic rings. The molecule has 30 heavy (non-hydrogen) atoms. The number of benzene rings is 3. The van der Waals surface area contributed by atoms with Gasteiger partial charge in [0, 0.05) is 5.56 Å². The number of hydrogen-bond donors (Lipinski definition) is 1. The van der Waals surface area contributed by atoms with Gasteiger partial charge in [0.15, 0.2) is 6.10 Å². The predicted octanol–water partition coefficient (Wildman–Crippen LogP) is 4.32. The maximum atomic E-state index is 12.7. The number of nitrogens with one attached hydrogen (secondary N) is 1. The van der Waals surface area contributed by atoms with Gasteiger partial charge in [-0.3, -0.25) is 4.79 Å². The van der Waals surface area contributed by atoms with E-state index in [2.05, 4.69) is 5.32 Å². The summed E-state index contributed by atoms with van der Waals surface area (Å²) in [4.78, 5) is 25.1. The molecule has 6 nitrogen and oxygen atoms in total. The molecule has 3 aromatic rings. The van der Waals surface area contributed by atoms with Crippen molar-refractivity contribution in [1.29, 1.82) is 5.26 Å². The van der Waals surface area contributed by atoms with Crippen LogP contribution in [0.3, 0.4) is 0 Å². The molecule has 1 atom stereocenters. The molecule has 0 aliphatic carbocycles. The van der Waals surface area contributed by atoms with Gasteiger partial charge in [-0.25, -0.2) is 4.79 Å². The third-order valence-corrected chi connectivity index (χ3v) is 4.33. The number of esters is 1. The number of carbonyl (C=O) groups excluding carboxylic acids is 2. The molecule has 1 amide bonds. The van der Waals surface area contributed by atoms with Crippen molar-refractivity contribution in [2.75, 3.05) is 5.32 Å². The van der Waals surface area contributed by atoms with Crippen molar-refractivity contribution in [2.24, 2.45) is 0 Å². The summed E-state index contributed by atoms with van der Waals surface area (Å²) in [6, 6.07) is 24.8. The van der Waals surface area contributed by atoms with Gasteiger partial charge >= 0.3 is 5.97 Å². The number of anilines is 1. The van der Waals surface area contributed by atoms with E-state index < -0.39 is 18.0 Å². The Morgan fingerprint density at radius 3 is 2.40 bits per heavy atom. The number of ether oxygens (including phenoxy) is 2. The average molecular weight is 400 g/mol. The van der Waals surface area contributed by atoms with E-state index in [0.29, 0.717) is 28.1 Å². The minimum atomic E-state index is -1.05. The van der Waals surface area contributed by atoms with Crippen LogP contribution in [0.25, 0.3) is 0 Å². The molecule has 0 spiro atoms. The zero-order chi connectivity index (χ0) is 21.3. The molecule has 0 heterocycles. The summed E-state index contributed by atoms with van der Waals surface area (Å²) >= 11 is 0. The topological polar surface area (TPSA) is 88.4 Å². The zero-order valence-electron chi connectivity index (χ0n) is 16.4. The summed E-state index contributed by atoms with van der Waals surface area (Å²) in [5.74, 6) is -0.466. The van der Waals surface area contributed by atoms with Crippen molar-refractivity contribution < 1.29 is 19.1 Å². The lowest BCUT2D eigenvalue weighted by Crippen LogP contribution is -2.30. The van der Waals surface area contributed by atoms with Crippen molar-refractivity contribution in [3.63, 3.8) is 0 Å². The second kappa shape index (κ2) is 9.89. The van der Waals surface area contributed by atoms with Crippen LogP contribution in [0.4, 0.5) is 5.69 Å². The monoisotopic (exact) mass is 400 g/mol. The van der Waals surface area contributed by atoms with Crippen LogP contribution in [0.2, 0.25) is 0 Å². The molecular weight excluding hydrogens is 380 g/mol. The highest BCUT2D eigenvalue weighted by Gasteiger charge is 2.21. The van der Waals surface area contributed by atoms with E-state index in [-0.39, 0.29) is 6.61 Å². The first-order chi connectivity index (χ1) is 14.6. The molecule has 0 unspecified atom stereocenters. The molecule has 0 saturated carbocycles. The second-order valence-corrected chi connectivity index (χ2v) is 6.45. The van der Waals surface area contributed by atoms with Gasteiger partial charge in [-0.15, -0.1) is 0 Å². The molecule has 6 heteroatoms. The van der Waals surface area contributed by atoms with E-state index in [9.17, 15) is 9.59 Å². The van der Waals surface area contributed by atoms with E-state index in [1.807, 2.05) is 36.4 Å². The molecule has 3 aromatic carbocycles. The van der Waals surface area contributed by atoms with Crippen molar-refractivity contribution in [1.82, 2.24) is 0 Å². The number of nitrogens with zero attached hydrogens (tertiary/aromatic N) is 1. The molecule has 0 fully saturated rings. The minimum Gasteiger partial charge on any atom is -0.489 e. The first-order valence-electron chi connectivity index (χ1n) is 9.35. The number of amides is 1. The van der Waals surface area contributed by atoms with Gasteiger partial charge in [0.2, 0.25) is 0 Å². The first-order valence-corrected chi connectivity index (χ1v) is 9.35. The number of nitriles is 1. The van der Waals surface area contributed by atoms with E-state index in [4.69, 9.17) is 14.7 Å². The van der Waals surface area contributed by atoms with Crippen LogP contribution in [-0.2, 0) is 16.1 Å². The number of hydrogen-bond acceptors (Lipinski definition) is 5. The van der Waals surface area contributed by atoms with Gasteiger partial charge in [0.1, 0.15) is 18.4 Å². The first kappa shape index (κ1) is 20.6. The Morgan fingerprint density at radius 1 is 0.967 bits per heavy atom. The molecule has 0 saturated heterocycles. The number of rotatable bonds is 7. The Morgan fingerprint density at radius 2 is 1.63 bits per heavy atom. The van der Waals surface area contributed by atoms with Crippen LogP contribution < -0.4 is 10.1 Å². The highest BCUT2D eigenvalue weighted by molar-refractivity contribution is 5.98. The average Bonchev–Trinajstić information content (AvgIpc) is 2.78. The molecule has 0 aliphatic heterocycles. The van der Waals surface area contributed by atoms with Crippen molar-refractivity contribution in [3.05, 3.63) is 95.6 Å². The summed E-state index contributed by atoms with van der Waals surface area (Å²) in [6.07, 6.45) is -1.05. The van der Waals surface area contributed by atoms with Crippen LogP contribution in [0.1, 0.15) is 28.4 Å². The fraction of sp³-hybridized carbons (Fsp3) is 0.125. The normalized spacial score (nSPS) is 11.1. The third-order valence-electron chi connectivity index (χ3n) is 4.33. The van der Waals surface area contributed by atoms with E-state index in [0.717, 1.165) is 0 Å². The Kier molecular flexibility index (Phi) is 6.80. The molecule has 0 bridgehead atoms. The second-order valence-electron chi connectivity index (χ2n) is 6.45. The van der Waals surface area contributed by atoms with Crippen LogP contribution in [0.15, 0.2) is 78.9 Å². The fourth-order valence-electron chi connectivity index (χ4n) is 2.72. The Bertz CT molecular complexity index is 1070. The molecule has 0 aromatic heterocycles. The lowest BCUT2D eigenvalue weighted by atomic mass is 10.1. The van der Waals surface area contributed by atoms with Crippen molar-refractivity contribution in [2.45, 2.75) is 19.6 Å². The molecule has 150 valence electrons. The Balaban J connectivity index is 1.65. The van der Waals surface area contributed by atoms with Gasteiger partial charge in [0.05, 0.1) is 16.8 Å². The standard InChI is InChI=1S/C24H20N2O4/c1-17(23(27)26-22-14-8-6-9-18(22)15-25)30-24(28)21-13-7-5-10-19(21)16-29-20-11-3-2-4-12-20/h2-14,17H,16H2,1H3,(H,26,27)/t17-/m0/s1. The Labute approximate surface area is 174 Å². The fourth-order valence-corrected chi connectivity index (χ4v) is 2.72. The molecular formula is C24H20N2O4. The van der Waals surface area contributed by atoms with Gasteiger partial charge in [0.25, 0.3) is 5.91 Å². The molecule has 0 radical (unpaired) electrons. The summed E-state index contributed by atoms with van der Waals surface area (Å²) < 4.78 is 11.1. The lowest BCUT2D eigenvalue weighted by Gasteiger charge is -2.16. The predicted molar refractivity (Wildman–Crippen MR) is 112 cm³/mol. The SMILES string of the molecule is C[C@H](OC(=O)c1ccccc1COc1ccccc1)C(=O)Nc1ccccc1C#N. The summed E-state index contributed by atoms with van der Waals surface area (Å²) in [5, 5.41) is 11.7. The maximum Gasteiger partial charge on any atom is 0.339 e. The van der Waals surface area contributed by atoms with Crippen LogP contribution in [0, 0.1) is 11.3 Å². The molecule has 3 rings (SSSR count). The summed E-state index contributed by atoms with van der Waals surface area (Å²) in [7, 11) is 0. The number of para-hydroxylation sites is 2. The highest BCUT2D eigenvalue weighted by Crippen LogP contribution is 2.17. The van der Waals surface area contributed by atoms with E-state index >= 15 is 0 Å². The summed E-state index contributed by atoms with van der Waals surface area (Å²) in [6.45, 7) is 1.66. The van der Waals surface area contributed by atoms with Gasteiger partial charge in [-0.05, 0) is 37.3 Å². The smallest absolute Gasteiger partial charge is 0.339 e. The lowest BCUT2D eigenvalue weighted by molar-refractivity contribution is -0.123. The van der Waals surface area contributed by atoms with Crippen molar-refractivity contribution in [3.8, 4) is 11.8 Å². The highest BCUT2D eigenvalue weighted by atomic mass is 16.5. The van der Waals surface area contributed by atoms with Crippen LogP contribution in [0.5, 0.6) is 5.75 Å². The van der Waals surface area contributed by atoms with Gasteiger partial charge in [-0.2, -0.15) is 5.26 Å². The quantitative estimate of drug-likeness (QED) is 0.597. The maximum absolute atomic E-state index is 12.7. The largest absolute Gasteiger partial charge is 0.489 e. The molecule has 1 N–H and O–H groups in total. The minimum absolute atomic E-state index is 0.186. The zero-order valence-corrected chi connectivity index (χ0v) is 16.4. The van der Waals surface area contributed by atoms with E-state index in [1.165, 1.54) is 6.92 Å². The van der Waals surface area contributed by atoms with Crippen LogP contribution in [-0.4, -0.2) is 18.0 Å². The van der Waals surface area contributed by atoms with Crippen molar-refractivity contribution >= 4 is 17.6 Å². The Hall–Kier alpha value is -4.11. The summed E-state index contributed by atoms with van der Waals surface area (Å²) in [5.41, 5.74) is 1.66. The van der Waals surface area contributed by atoms with Gasteiger partial charge < -0.3 is 14.8 Å². The van der Waals surface area contributed by atoms with E-state index in [1.54, 1.807) is 48.5 Å².